The van der Waals surface area contributed by atoms with E-state index in [4.69, 9.17) is 11.6 Å². The Labute approximate surface area is 154 Å². The molecule has 0 fully saturated rings. The van der Waals surface area contributed by atoms with E-state index >= 15 is 0 Å². The van der Waals surface area contributed by atoms with Gasteiger partial charge in [0.2, 0.25) is 0 Å². The summed E-state index contributed by atoms with van der Waals surface area (Å²) in [5, 5.41) is 3.29. The number of benzene rings is 1. The fourth-order valence-electron chi connectivity index (χ4n) is 2.63. The van der Waals surface area contributed by atoms with Crippen molar-refractivity contribution in [2.24, 2.45) is 0 Å². The van der Waals surface area contributed by atoms with E-state index in [-0.39, 0.29) is 17.5 Å². The number of nitrogens with one attached hydrogen (secondary N) is 1. The van der Waals surface area contributed by atoms with Crippen molar-refractivity contribution < 1.29 is 4.79 Å². The Bertz CT molecular complexity index is 1040. The standard InChI is InChI=1S/C18H18ClN3O2S/c1-9(2)22-8-20-15-14(11(4)25-16(15)18(22)24)17(23)21-13-6-5-10(3)7-12(13)19/h5-9H,1-4H3,(H,21,23). The number of hydrogen-bond acceptors (Lipinski definition) is 4. The molecule has 0 spiro atoms. The van der Waals surface area contributed by atoms with Gasteiger partial charge in [-0.25, -0.2) is 4.98 Å². The molecule has 0 atom stereocenters. The van der Waals surface area contributed by atoms with Crippen LogP contribution in [0.4, 0.5) is 5.69 Å². The summed E-state index contributed by atoms with van der Waals surface area (Å²) >= 11 is 7.49. The van der Waals surface area contributed by atoms with E-state index in [0.29, 0.717) is 26.5 Å². The maximum atomic E-state index is 12.8. The fraction of sp³-hybridized carbons (Fsp3) is 0.278. The van der Waals surface area contributed by atoms with Crippen molar-refractivity contribution in [2.45, 2.75) is 33.7 Å². The number of carbonyl (C=O) groups is 1. The second kappa shape index (κ2) is 6.61. The topological polar surface area (TPSA) is 64.0 Å². The van der Waals surface area contributed by atoms with Crippen molar-refractivity contribution in [1.82, 2.24) is 9.55 Å². The van der Waals surface area contributed by atoms with Gasteiger partial charge in [-0.05, 0) is 45.4 Å². The highest BCUT2D eigenvalue weighted by atomic mass is 35.5. The largest absolute Gasteiger partial charge is 0.321 e. The molecule has 0 aliphatic rings. The molecule has 1 N–H and O–H groups in total. The molecule has 1 aromatic carbocycles. The van der Waals surface area contributed by atoms with Crippen LogP contribution in [0.25, 0.3) is 10.2 Å². The van der Waals surface area contributed by atoms with E-state index in [1.807, 2.05) is 33.8 Å². The number of anilines is 1. The van der Waals surface area contributed by atoms with E-state index in [0.717, 1.165) is 10.4 Å². The zero-order valence-corrected chi connectivity index (χ0v) is 16.0. The first-order valence-electron chi connectivity index (χ1n) is 7.87. The molecule has 0 aliphatic heterocycles. The second-order valence-corrected chi connectivity index (χ2v) is 7.83. The Hall–Kier alpha value is -2.18. The Kier molecular flexibility index (Phi) is 4.67. The summed E-state index contributed by atoms with van der Waals surface area (Å²) in [6.07, 6.45) is 1.50. The summed E-state index contributed by atoms with van der Waals surface area (Å²) in [4.78, 5) is 30.5. The third-order valence-electron chi connectivity index (χ3n) is 3.96. The monoisotopic (exact) mass is 375 g/mol. The molecule has 0 unspecified atom stereocenters. The molecule has 0 radical (unpaired) electrons. The molecule has 2 heterocycles. The molecule has 3 aromatic rings. The van der Waals surface area contributed by atoms with Crippen LogP contribution in [0.3, 0.4) is 0 Å². The number of aryl methyl sites for hydroxylation is 2. The maximum Gasteiger partial charge on any atom is 0.271 e. The molecule has 2 aromatic heterocycles. The molecule has 0 aliphatic carbocycles. The lowest BCUT2D eigenvalue weighted by atomic mass is 10.2. The fourth-order valence-corrected chi connectivity index (χ4v) is 3.96. The SMILES string of the molecule is Cc1ccc(NC(=O)c2c(C)sc3c(=O)n(C(C)C)cnc23)c(Cl)c1. The number of thiophene rings is 1. The van der Waals surface area contributed by atoms with Gasteiger partial charge in [0.25, 0.3) is 11.5 Å². The van der Waals surface area contributed by atoms with Crippen LogP contribution in [0.5, 0.6) is 0 Å². The van der Waals surface area contributed by atoms with Crippen LogP contribution < -0.4 is 10.9 Å². The van der Waals surface area contributed by atoms with Crippen molar-refractivity contribution in [3.63, 3.8) is 0 Å². The number of aromatic nitrogens is 2. The number of fused-ring (bicyclic) bond motifs is 1. The minimum atomic E-state index is -0.316. The predicted octanol–water partition coefficient (Wildman–Crippen LogP) is 4.56. The van der Waals surface area contributed by atoms with Crippen LogP contribution in [0.15, 0.2) is 29.3 Å². The highest BCUT2D eigenvalue weighted by molar-refractivity contribution is 7.19. The average molecular weight is 376 g/mol. The van der Waals surface area contributed by atoms with Crippen molar-refractivity contribution in [3.05, 3.63) is 55.9 Å². The molecule has 130 valence electrons. The van der Waals surface area contributed by atoms with Crippen LogP contribution in [-0.4, -0.2) is 15.5 Å². The molecule has 1 amide bonds. The Morgan fingerprint density at radius 1 is 1.32 bits per heavy atom. The van der Waals surface area contributed by atoms with Gasteiger partial charge in [0.1, 0.15) is 10.2 Å². The van der Waals surface area contributed by atoms with Crippen molar-refractivity contribution in [3.8, 4) is 0 Å². The van der Waals surface area contributed by atoms with Gasteiger partial charge in [-0.15, -0.1) is 11.3 Å². The molecule has 0 saturated carbocycles. The van der Waals surface area contributed by atoms with Crippen molar-refractivity contribution in [1.29, 1.82) is 0 Å². The number of amides is 1. The molecule has 0 bridgehead atoms. The molecule has 7 heteroatoms. The molecular weight excluding hydrogens is 358 g/mol. The Balaban J connectivity index is 2.06. The van der Waals surface area contributed by atoms with E-state index in [2.05, 4.69) is 10.3 Å². The number of hydrogen-bond donors (Lipinski definition) is 1. The van der Waals surface area contributed by atoms with Crippen LogP contribution in [0, 0.1) is 13.8 Å². The zero-order chi connectivity index (χ0) is 18.3. The average Bonchev–Trinajstić information content (AvgIpc) is 2.87. The van der Waals surface area contributed by atoms with Gasteiger partial charge in [0.15, 0.2) is 0 Å². The summed E-state index contributed by atoms with van der Waals surface area (Å²) in [5.41, 5.74) is 2.28. The van der Waals surface area contributed by atoms with E-state index < -0.39 is 0 Å². The van der Waals surface area contributed by atoms with E-state index in [1.54, 1.807) is 16.7 Å². The van der Waals surface area contributed by atoms with Crippen molar-refractivity contribution >= 4 is 44.7 Å². The lowest BCUT2D eigenvalue weighted by Crippen LogP contribution is -2.22. The molecule has 5 nitrogen and oxygen atoms in total. The third kappa shape index (κ3) is 3.19. The highest BCUT2D eigenvalue weighted by Gasteiger charge is 2.21. The summed E-state index contributed by atoms with van der Waals surface area (Å²) < 4.78 is 2.06. The summed E-state index contributed by atoms with van der Waals surface area (Å²) in [6.45, 7) is 7.58. The Morgan fingerprint density at radius 3 is 2.68 bits per heavy atom. The van der Waals surface area contributed by atoms with Gasteiger partial charge in [-0.1, -0.05) is 17.7 Å². The van der Waals surface area contributed by atoms with E-state index in [9.17, 15) is 9.59 Å². The van der Waals surface area contributed by atoms with E-state index in [1.165, 1.54) is 17.7 Å². The molecule has 3 rings (SSSR count). The number of carbonyl (C=O) groups excluding carboxylic acids is 1. The maximum absolute atomic E-state index is 12.8. The van der Waals surface area contributed by atoms with Gasteiger partial charge < -0.3 is 5.32 Å². The summed E-state index contributed by atoms with van der Waals surface area (Å²) in [5.74, 6) is -0.316. The lowest BCUT2D eigenvalue weighted by Gasteiger charge is -2.09. The van der Waals surface area contributed by atoms with Crippen LogP contribution >= 0.6 is 22.9 Å². The van der Waals surface area contributed by atoms with Gasteiger partial charge >= 0.3 is 0 Å². The van der Waals surface area contributed by atoms with Gasteiger partial charge in [0, 0.05) is 10.9 Å². The Morgan fingerprint density at radius 2 is 2.04 bits per heavy atom. The van der Waals surface area contributed by atoms with Gasteiger partial charge in [0.05, 0.1) is 22.6 Å². The minimum absolute atomic E-state index is 0.00967. The first kappa shape index (κ1) is 17.6. The minimum Gasteiger partial charge on any atom is -0.321 e. The van der Waals surface area contributed by atoms with Crippen LogP contribution in [0.2, 0.25) is 5.02 Å². The first-order chi connectivity index (χ1) is 11.8. The lowest BCUT2D eigenvalue weighted by molar-refractivity contribution is 0.102. The smallest absolute Gasteiger partial charge is 0.271 e. The summed E-state index contributed by atoms with van der Waals surface area (Å²) in [6, 6.07) is 5.43. The van der Waals surface area contributed by atoms with Crippen LogP contribution in [-0.2, 0) is 0 Å². The zero-order valence-electron chi connectivity index (χ0n) is 14.4. The normalized spacial score (nSPS) is 11.3. The summed E-state index contributed by atoms with van der Waals surface area (Å²) in [7, 11) is 0. The second-order valence-electron chi connectivity index (χ2n) is 6.20. The number of rotatable bonds is 3. The quantitative estimate of drug-likeness (QED) is 0.729. The molecule has 0 saturated heterocycles. The number of nitrogens with zero attached hydrogens (tertiary/aromatic N) is 2. The molecular formula is C18H18ClN3O2S. The first-order valence-corrected chi connectivity index (χ1v) is 9.06. The highest BCUT2D eigenvalue weighted by Crippen LogP contribution is 2.29. The van der Waals surface area contributed by atoms with Gasteiger partial charge in [-0.3, -0.25) is 14.2 Å². The predicted molar refractivity (Wildman–Crippen MR) is 103 cm³/mol. The number of halogens is 1. The molecule has 25 heavy (non-hydrogen) atoms. The van der Waals surface area contributed by atoms with Gasteiger partial charge in [-0.2, -0.15) is 0 Å². The van der Waals surface area contributed by atoms with Crippen molar-refractivity contribution in [2.75, 3.05) is 5.32 Å². The van der Waals surface area contributed by atoms with Crippen LogP contribution in [0.1, 0.15) is 40.7 Å². The third-order valence-corrected chi connectivity index (χ3v) is 5.35.